The van der Waals surface area contributed by atoms with Gasteiger partial charge in [0.2, 0.25) is 0 Å². The van der Waals surface area contributed by atoms with Crippen LogP contribution in [-0.4, -0.2) is 19.6 Å². The third-order valence-corrected chi connectivity index (χ3v) is 3.48. The van der Waals surface area contributed by atoms with Crippen molar-refractivity contribution in [2.75, 3.05) is 5.32 Å². The van der Waals surface area contributed by atoms with Gasteiger partial charge < -0.3 is 5.32 Å². The Morgan fingerprint density at radius 3 is 2.52 bits per heavy atom. The normalized spacial score (nSPS) is 13.3. The quantitative estimate of drug-likeness (QED) is 0.800. The van der Waals surface area contributed by atoms with Crippen LogP contribution in [0.1, 0.15) is 29.8 Å². The third kappa shape index (κ3) is 3.10. The minimum absolute atomic E-state index is 0.202. The summed E-state index contributed by atoms with van der Waals surface area (Å²) in [4.78, 5) is 8.27. The number of nitrogens with one attached hydrogen (secondary N) is 1. The zero-order valence-electron chi connectivity index (χ0n) is 12.5. The van der Waals surface area contributed by atoms with Gasteiger partial charge in [-0.1, -0.05) is 12.1 Å². The molecule has 0 fully saturated rings. The van der Waals surface area contributed by atoms with Crippen molar-refractivity contribution >= 4 is 11.6 Å². The summed E-state index contributed by atoms with van der Waals surface area (Å²) in [5, 5.41) is 7.31. The highest BCUT2D eigenvalue weighted by atomic mass is 19.4. The second-order valence-electron chi connectivity index (χ2n) is 5.24. The number of anilines is 1. The van der Waals surface area contributed by atoms with Gasteiger partial charge in [0.1, 0.15) is 12.1 Å². The van der Waals surface area contributed by atoms with E-state index in [4.69, 9.17) is 0 Å². The van der Waals surface area contributed by atoms with Gasteiger partial charge in [-0.2, -0.15) is 27.8 Å². The molecule has 1 atom stereocenters. The second-order valence-corrected chi connectivity index (χ2v) is 5.24. The van der Waals surface area contributed by atoms with Crippen LogP contribution in [0.15, 0.2) is 36.7 Å². The molecule has 0 spiro atoms. The molecule has 1 aromatic carbocycles. The van der Waals surface area contributed by atoms with Crippen molar-refractivity contribution in [3.05, 3.63) is 53.5 Å². The van der Waals surface area contributed by atoms with E-state index in [-0.39, 0.29) is 6.04 Å². The molecule has 2 heterocycles. The number of benzene rings is 1. The topological polar surface area (TPSA) is 55.1 Å². The van der Waals surface area contributed by atoms with Crippen molar-refractivity contribution in [3.8, 4) is 0 Å². The Bertz CT molecular complexity index is 823. The summed E-state index contributed by atoms with van der Waals surface area (Å²) in [7, 11) is 0. The van der Waals surface area contributed by atoms with Gasteiger partial charge in [0.25, 0.3) is 5.78 Å². The van der Waals surface area contributed by atoms with Gasteiger partial charge in [-0.25, -0.2) is 4.98 Å². The smallest absolute Gasteiger partial charge is 0.363 e. The van der Waals surface area contributed by atoms with Crippen LogP contribution in [-0.2, 0) is 6.18 Å². The minimum Gasteiger partial charge on any atom is -0.363 e. The summed E-state index contributed by atoms with van der Waals surface area (Å²) in [6, 6.07) is 6.70. The molecule has 0 bridgehead atoms. The molecule has 0 saturated carbocycles. The van der Waals surface area contributed by atoms with E-state index in [0.717, 1.165) is 23.4 Å². The maximum absolute atomic E-state index is 12.6. The Kier molecular flexibility index (Phi) is 3.67. The molecule has 2 aromatic heterocycles. The summed E-state index contributed by atoms with van der Waals surface area (Å²) < 4.78 is 39.4. The van der Waals surface area contributed by atoms with Crippen molar-refractivity contribution in [1.29, 1.82) is 0 Å². The minimum atomic E-state index is -4.33. The number of hydrogen-bond donors (Lipinski definition) is 1. The highest BCUT2D eigenvalue weighted by molar-refractivity contribution is 5.46. The van der Waals surface area contributed by atoms with E-state index in [2.05, 4.69) is 20.4 Å². The first-order valence-electron chi connectivity index (χ1n) is 6.95. The summed E-state index contributed by atoms with van der Waals surface area (Å²) in [6.45, 7) is 3.70. The summed E-state index contributed by atoms with van der Waals surface area (Å²) in [5.41, 5.74) is 0.847. The van der Waals surface area contributed by atoms with E-state index in [1.807, 2.05) is 19.9 Å². The van der Waals surface area contributed by atoms with Crippen molar-refractivity contribution in [2.45, 2.75) is 26.1 Å². The predicted octanol–water partition coefficient (Wildman–Crippen LogP) is 3.62. The molecule has 0 amide bonds. The van der Waals surface area contributed by atoms with Gasteiger partial charge in [-0.05, 0) is 31.5 Å². The number of hydrogen-bond acceptors (Lipinski definition) is 4. The Hall–Kier alpha value is -2.64. The number of aryl methyl sites for hydroxylation is 1. The zero-order chi connectivity index (χ0) is 16.6. The van der Waals surface area contributed by atoms with Crippen LogP contribution in [0, 0.1) is 6.92 Å². The molecule has 3 rings (SSSR count). The molecule has 0 saturated heterocycles. The Balaban J connectivity index is 1.86. The van der Waals surface area contributed by atoms with Gasteiger partial charge in [-0.3, -0.25) is 0 Å². The standard InChI is InChI=1S/C15H14F3N5/c1-9-7-13(23-14(21-9)19-8-20-23)22-10(2)11-3-5-12(6-4-11)15(16,17)18/h3-8,10,22H,1-2H3/t10-/m0/s1. The van der Waals surface area contributed by atoms with E-state index in [0.29, 0.717) is 11.6 Å². The number of aromatic nitrogens is 4. The monoisotopic (exact) mass is 321 g/mol. The first-order valence-corrected chi connectivity index (χ1v) is 6.95. The fourth-order valence-corrected chi connectivity index (χ4v) is 2.30. The van der Waals surface area contributed by atoms with E-state index in [9.17, 15) is 13.2 Å². The Morgan fingerprint density at radius 1 is 1.17 bits per heavy atom. The first kappa shape index (κ1) is 15.3. The molecule has 1 N–H and O–H groups in total. The van der Waals surface area contributed by atoms with Crippen LogP contribution in [0.3, 0.4) is 0 Å². The lowest BCUT2D eigenvalue weighted by atomic mass is 10.1. The fourth-order valence-electron chi connectivity index (χ4n) is 2.30. The van der Waals surface area contributed by atoms with Gasteiger partial charge in [0, 0.05) is 17.8 Å². The lowest BCUT2D eigenvalue weighted by Gasteiger charge is -2.17. The summed E-state index contributed by atoms with van der Waals surface area (Å²) in [5.74, 6) is 1.14. The van der Waals surface area contributed by atoms with Crippen molar-refractivity contribution in [1.82, 2.24) is 19.6 Å². The molecule has 0 unspecified atom stereocenters. The average Bonchev–Trinajstić information content (AvgIpc) is 2.94. The maximum Gasteiger partial charge on any atom is 0.416 e. The average molecular weight is 321 g/mol. The maximum atomic E-state index is 12.6. The van der Waals surface area contributed by atoms with Crippen LogP contribution in [0.5, 0.6) is 0 Å². The lowest BCUT2D eigenvalue weighted by Crippen LogP contribution is -2.12. The molecule has 8 heteroatoms. The van der Waals surface area contributed by atoms with Crippen molar-refractivity contribution in [3.63, 3.8) is 0 Å². The van der Waals surface area contributed by atoms with E-state index in [1.165, 1.54) is 18.5 Å². The molecule has 3 aromatic rings. The van der Waals surface area contributed by atoms with Crippen LogP contribution >= 0.6 is 0 Å². The van der Waals surface area contributed by atoms with Gasteiger partial charge in [-0.15, -0.1) is 0 Å². The van der Waals surface area contributed by atoms with Crippen LogP contribution in [0.2, 0.25) is 0 Å². The highest BCUT2D eigenvalue weighted by Gasteiger charge is 2.30. The van der Waals surface area contributed by atoms with Crippen molar-refractivity contribution in [2.24, 2.45) is 0 Å². The Morgan fingerprint density at radius 2 is 1.87 bits per heavy atom. The molecule has 5 nitrogen and oxygen atoms in total. The fraction of sp³-hybridized carbons (Fsp3) is 0.267. The highest BCUT2D eigenvalue weighted by Crippen LogP contribution is 2.30. The largest absolute Gasteiger partial charge is 0.416 e. The van der Waals surface area contributed by atoms with Crippen LogP contribution < -0.4 is 5.32 Å². The zero-order valence-corrected chi connectivity index (χ0v) is 12.5. The molecular weight excluding hydrogens is 307 g/mol. The second kappa shape index (κ2) is 5.53. The number of alkyl halides is 3. The third-order valence-electron chi connectivity index (χ3n) is 3.48. The predicted molar refractivity (Wildman–Crippen MR) is 79.0 cm³/mol. The lowest BCUT2D eigenvalue weighted by molar-refractivity contribution is -0.137. The summed E-state index contributed by atoms with van der Waals surface area (Å²) in [6.07, 6.45) is -2.93. The van der Waals surface area contributed by atoms with E-state index in [1.54, 1.807) is 4.52 Å². The first-order chi connectivity index (χ1) is 10.8. The molecule has 120 valence electrons. The molecule has 0 aliphatic heterocycles. The molecule has 0 aliphatic carbocycles. The molecule has 0 aliphatic rings. The molecule has 0 radical (unpaired) electrons. The summed E-state index contributed by atoms with van der Waals surface area (Å²) >= 11 is 0. The van der Waals surface area contributed by atoms with Crippen LogP contribution in [0.25, 0.3) is 5.78 Å². The Labute approximate surface area is 130 Å². The van der Waals surface area contributed by atoms with E-state index < -0.39 is 11.7 Å². The van der Waals surface area contributed by atoms with Crippen LogP contribution in [0.4, 0.5) is 19.0 Å². The van der Waals surface area contributed by atoms with Gasteiger partial charge in [0.15, 0.2) is 0 Å². The van der Waals surface area contributed by atoms with E-state index >= 15 is 0 Å². The molecule has 23 heavy (non-hydrogen) atoms. The number of halogens is 3. The van der Waals surface area contributed by atoms with Crippen molar-refractivity contribution < 1.29 is 13.2 Å². The number of fused-ring (bicyclic) bond motifs is 1. The number of rotatable bonds is 3. The van der Waals surface area contributed by atoms with Gasteiger partial charge >= 0.3 is 6.18 Å². The number of nitrogens with zero attached hydrogens (tertiary/aromatic N) is 4. The molecular formula is C15H14F3N5. The van der Waals surface area contributed by atoms with Gasteiger partial charge in [0.05, 0.1) is 5.56 Å². The SMILES string of the molecule is Cc1cc(N[C@@H](C)c2ccc(C(F)(F)F)cc2)n2ncnc2n1.